The molecule has 0 spiro atoms. The Balaban J connectivity index is 2.71. The van der Waals surface area contributed by atoms with Gasteiger partial charge in [-0.15, -0.1) is 0 Å². The van der Waals surface area contributed by atoms with Crippen LogP contribution < -0.4 is 0 Å². The molecule has 1 aliphatic rings. The fraction of sp³-hybridized carbons (Fsp3) is 1.00. The maximum absolute atomic E-state index is 2.48. The molecule has 84 valence electrons. The van der Waals surface area contributed by atoms with Crippen molar-refractivity contribution in [1.29, 1.82) is 0 Å². The number of nitrogens with zero attached hydrogens (tertiary/aromatic N) is 1. The van der Waals surface area contributed by atoms with E-state index in [9.17, 15) is 0 Å². The van der Waals surface area contributed by atoms with Gasteiger partial charge in [0, 0.05) is 5.54 Å². The molecule has 0 aromatic rings. The molecule has 1 aliphatic carbocycles. The predicted molar refractivity (Wildman–Crippen MR) is 63.6 cm³/mol. The molecule has 0 bridgehead atoms. The summed E-state index contributed by atoms with van der Waals surface area (Å²) in [4.78, 5) is 2.48. The minimum absolute atomic E-state index is 0.460. The molecule has 14 heavy (non-hydrogen) atoms. The number of hydrogen-bond acceptors (Lipinski definition) is 1. The first-order chi connectivity index (χ1) is 6.36. The van der Waals surface area contributed by atoms with Crippen LogP contribution in [0.3, 0.4) is 0 Å². The summed E-state index contributed by atoms with van der Waals surface area (Å²) in [5.74, 6) is 0. The molecule has 0 heterocycles. The molecule has 1 nitrogen and oxygen atoms in total. The van der Waals surface area contributed by atoms with Crippen LogP contribution >= 0.6 is 0 Å². The van der Waals surface area contributed by atoms with Gasteiger partial charge in [0.05, 0.1) is 0 Å². The molecule has 1 heteroatoms. The lowest BCUT2D eigenvalue weighted by Gasteiger charge is -2.46. The van der Waals surface area contributed by atoms with Gasteiger partial charge in [-0.2, -0.15) is 0 Å². The third-order valence-corrected chi connectivity index (χ3v) is 3.59. The second-order valence-corrected chi connectivity index (χ2v) is 6.42. The minimum atomic E-state index is 0.460. The quantitative estimate of drug-likeness (QED) is 0.652. The second kappa shape index (κ2) is 4.22. The summed E-state index contributed by atoms with van der Waals surface area (Å²) in [6.07, 6.45) is 8.43. The second-order valence-electron chi connectivity index (χ2n) is 6.42. The Hall–Kier alpha value is -0.0400. The average molecular weight is 197 g/mol. The highest BCUT2D eigenvalue weighted by molar-refractivity contribution is 4.93. The van der Waals surface area contributed by atoms with Crippen molar-refractivity contribution in [1.82, 2.24) is 4.90 Å². The van der Waals surface area contributed by atoms with E-state index < -0.39 is 0 Å². The normalized spacial score (nSPS) is 22.7. The van der Waals surface area contributed by atoms with E-state index in [0.29, 0.717) is 11.0 Å². The van der Waals surface area contributed by atoms with Crippen LogP contribution in [-0.4, -0.2) is 24.5 Å². The van der Waals surface area contributed by atoms with Gasteiger partial charge >= 0.3 is 0 Å². The Morgan fingerprint density at radius 2 is 1.50 bits per heavy atom. The van der Waals surface area contributed by atoms with Crippen molar-refractivity contribution in [2.75, 3.05) is 14.1 Å². The fourth-order valence-corrected chi connectivity index (χ4v) is 2.98. The van der Waals surface area contributed by atoms with Crippen molar-refractivity contribution in [2.24, 2.45) is 5.41 Å². The SMILES string of the molecule is CN(C)C1(CC(C)(C)C)CCCCC1. The van der Waals surface area contributed by atoms with E-state index in [1.54, 1.807) is 0 Å². The van der Waals surface area contributed by atoms with Gasteiger partial charge in [-0.25, -0.2) is 0 Å². The fourth-order valence-electron chi connectivity index (χ4n) is 2.98. The molecule has 1 rings (SSSR count). The van der Waals surface area contributed by atoms with Gasteiger partial charge < -0.3 is 4.90 Å². The average Bonchev–Trinajstić information content (AvgIpc) is 2.02. The summed E-state index contributed by atoms with van der Waals surface area (Å²) in [6.45, 7) is 7.10. The Morgan fingerprint density at radius 1 is 1.00 bits per heavy atom. The van der Waals surface area contributed by atoms with Crippen LogP contribution in [0.4, 0.5) is 0 Å². The molecule has 0 aliphatic heterocycles. The summed E-state index contributed by atoms with van der Waals surface area (Å²) in [5.41, 5.74) is 0.956. The first-order valence-electron chi connectivity index (χ1n) is 6.03. The van der Waals surface area contributed by atoms with E-state index in [4.69, 9.17) is 0 Å². The Kier molecular flexibility index (Phi) is 3.63. The van der Waals surface area contributed by atoms with Gasteiger partial charge in [-0.05, 0) is 38.8 Å². The molecular weight excluding hydrogens is 170 g/mol. The third-order valence-electron chi connectivity index (χ3n) is 3.59. The molecule has 1 fully saturated rings. The standard InChI is InChI=1S/C13H27N/c1-12(2,3)11-13(14(4)5)9-7-6-8-10-13/h6-11H2,1-5H3. The van der Waals surface area contributed by atoms with E-state index in [1.165, 1.54) is 38.5 Å². The van der Waals surface area contributed by atoms with Crippen LogP contribution in [0.2, 0.25) is 0 Å². The van der Waals surface area contributed by atoms with Crippen molar-refractivity contribution < 1.29 is 0 Å². The van der Waals surface area contributed by atoms with Gasteiger partial charge in [-0.1, -0.05) is 40.0 Å². The van der Waals surface area contributed by atoms with Gasteiger partial charge in [0.1, 0.15) is 0 Å². The van der Waals surface area contributed by atoms with E-state index in [-0.39, 0.29) is 0 Å². The minimum Gasteiger partial charge on any atom is -0.304 e. The number of rotatable bonds is 2. The van der Waals surface area contributed by atoms with Gasteiger partial charge in [0.25, 0.3) is 0 Å². The first kappa shape index (κ1) is 12.0. The highest BCUT2D eigenvalue weighted by Crippen LogP contribution is 2.40. The zero-order valence-electron chi connectivity index (χ0n) is 10.7. The van der Waals surface area contributed by atoms with Crippen molar-refractivity contribution in [2.45, 2.75) is 64.8 Å². The predicted octanol–water partition coefficient (Wildman–Crippen LogP) is 3.69. The summed E-state index contributed by atoms with van der Waals surface area (Å²) < 4.78 is 0. The molecule has 0 saturated heterocycles. The molecule has 1 saturated carbocycles. The molecule has 0 radical (unpaired) electrons. The highest BCUT2D eigenvalue weighted by Gasteiger charge is 2.37. The van der Waals surface area contributed by atoms with Crippen molar-refractivity contribution >= 4 is 0 Å². The lowest BCUT2D eigenvalue weighted by molar-refractivity contribution is 0.0550. The molecule has 0 aromatic carbocycles. The lowest BCUT2D eigenvalue weighted by Crippen LogP contribution is -2.48. The first-order valence-corrected chi connectivity index (χ1v) is 6.03. The van der Waals surface area contributed by atoms with E-state index >= 15 is 0 Å². The Labute approximate surface area is 89.9 Å². The summed E-state index contributed by atoms with van der Waals surface area (Å²) >= 11 is 0. The van der Waals surface area contributed by atoms with Crippen molar-refractivity contribution in [3.05, 3.63) is 0 Å². The number of hydrogen-bond donors (Lipinski definition) is 0. The lowest BCUT2D eigenvalue weighted by atomic mass is 9.71. The van der Waals surface area contributed by atoms with E-state index in [0.717, 1.165) is 0 Å². The summed E-state index contributed by atoms with van der Waals surface area (Å²) in [7, 11) is 4.52. The van der Waals surface area contributed by atoms with Crippen molar-refractivity contribution in [3.8, 4) is 0 Å². The maximum Gasteiger partial charge on any atom is 0.0208 e. The van der Waals surface area contributed by atoms with Crippen LogP contribution in [0.1, 0.15) is 59.3 Å². The Morgan fingerprint density at radius 3 is 1.86 bits per heavy atom. The third kappa shape index (κ3) is 2.98. The van der Waals surface area contributed by atoms with Crippen LogP contribution in [-0.2, 0) is 0 Å². The topological polar surface area (TPSA) is 3.24 Å². The maximum atomic E-state index is 2.48. The van der Waals surface area contributed by atoms with E-state index in [2.05, 4.69) is 39.8 Å². The molecule has 0 unspecified atom stereocenters. The van der Waals surface area contributed by atoms with Crippen LogP contribution in [0, 0.1) is 5.41 Å². The van der Waals surface area contributed by atoms with E-state index in [1.807, 2.05) is 0 Å². The monoisotopic (exact) mass is 197 g/mol. The van der Waals surface area contributed by atoms with Gasteiger partial charge in [0.2, 0.25) is 0 Å². The van der Waals surface area contributed by atoms with Crippen molar-refractivity contribution in [3.63, 3.8) is 0 Å². The van der Waals surface area contributed by atoms with Gasteiger partial charge in [-0.3, -0.25) is 0 Å². The molecular formula is C13H27N. The molecule has 0 atom stereocenters. The Bertz CT molecular complexity index is 170. The van der Waals surface area contributed by atoms with Crippen LogP contribution in [0.15, 0.2) is 0 Å². The smallest absolute Gasteiger partial charge is 0.0208 e. The summed E-state index contributed by atoms with van der Waals surface area (Å²) in [5, 5.41) is 0. The largest absolute Gasteiger partial charge is 0.304 e. The van der Waals surface area contributed by atoms with Crippen LogP contribution in [0.5, 0.6) is 0 Å². The zero-order chi connectivity index (χ0) is 10.8. The molecule has 0 amide bonds. The zero-order valence-corrected chi connectivity index (χ0v) is 10.7. The highest BCUT2D eigenvalue weighted by atomic mass is 15.1. The van der Waals surface area contributed by atoms with Gasteiger partial charge in [0.15, 0.2) is 0 Å². The molecule has 0 N–H and O–H groups in total. The molecule has 0 aromatic heterocycles. The van der Waals surface area contributed by atoms with Crippen LogP contribution in [0.25, 0.3) is 0 Å². The summed E-state index contributed by atoms with van der Waals surface area (Å²) in [6, 6.07) is 0.